The molecule has 0 spiro atoms. The Kier molecular flexibility index (Phi) is 2.55. The number of hydrogen-bond acceptors (Lipinski definition) is 2. The zero-order valence-electron chi connectivity index (χ0n) is 7.51. The Labute approximate surface area is 68.8 Å². The van der Waals surface area contributed by atoms with Crippen molar-refractivity contribution < 1.29 is 5.11 Å². The van der Waals surface area contributed by atoms with Crippen molar-refractivity contribution >= 4 is 0 Å². The minimum atomic E-state index is -0.547. The van der Waals surface area contributed by atoms with E-state index >= 15 is 0 Å². The molecule has 0 saturated heterocycles. The van der Waals surface area contributed by atoms with Crippen molar-refractivity contribution in [3.05, 3.63) is 0 Å². The summed E-state index contributed by atoms with van der Waals surface area (Å²) in [5, 5.41) is 10.0. The summed E-state index contributed by atoms with van der Waals surface area (Å²) in [5.74, 6) is 0.546. The van der Waals surface area contributed by atoms with Gasteiger partial charge < -0.3 is 10.8 Å². The second-order valence-corrected chi connectivity index (χ2v) is 4.20. The summed E-state index contributed by atoms with van der Waals surface area (Å²) in [6, 6.07) is 0.0184. The molecule has 3 N–H and O–H groups in total. The lowest BCUT2D eigenvalue weighted by atomic mass is 9.88. The maximum absolute atomic E-state index is 10.0. The van der Waals surface area contributed by atoms with Crippen LogP contribution < -0.4 is 5.73 Å². The summed E-state index contributed by atoms with van der Waals surface area (Å²) < 4.78 is 0. The third-order valence-electron chi connectivity index (χ3n) is 2.58. The van der Waals surface area contributed by atoms with Crippen molar-refractivity contribution in [3.63, 3.8) is 0 Å². The van der Waals surface area contributed by atoms with Gasteiger partial charge in [-0.25, -0.2) is 0 Å². The van der Waals surface area contributed by atoms with Crippen LogP contribution in [0, 0.1) is 5.92 Å². The fraction of sp³-hybridized carbons (Fsp3) is 1.00. The lowest BCUT2D eigenvalue weighted by Gasteiger charge is -2.29. The van der Waals surface area contributed by atoms with Crippen LogP contribution in [-0.4, -0.2) is 16.7 Å². The lowest BCUT2D eigenvalue weighted by molar-refractivity contribution is 0.0121. The molecule has 1 rings (SSSR count). The molecule has 0 bridgehead atoms. The number of rotatable bonds is 2. The largest absolute Gasteiger partial charge is 0.388 e. The molecule has 0 amide bonds. The van der Waals surface area contributed by atoms with Crippen molar-refractivity contribution in [2.45, 2.75) is 51.2 Å². The minimum Gasteiger partial charge on any atom is -0.388 e. The van der Waals surface area contributed by atoms with Crippen LogP contribution in [0.2, 0.25) is 0 Å². The van der Waals surface area contributed by atoms with Gasteiger partial charge in [-0.1, -0.05) is 13.8 Å². The maximum Gasteiger partial charge on any atom is 0.0800 e. The number of hydrogen-bond donors (Lipinski definition) is 2. The standard InChI is InChI=1S/C9H19NO/c1-7(2)6-9(11)5-3-4-8(9)10/h7-8,11H,3-6,10H2,1-2H3. The molecule has 2 heteroatoms. The highest BCUT2D eigenvalue weighted by Crippen LogP contribution is 2.33. The van der Waals surface area contributed by atoms with E-state index in [1.54, 1.807) is 0 Å². The first kappa shape index (κ1) is 9.01. The molecule has 0 radical (unpaired) electrons. The van der Waals surface area contributed by atoms with E-state index in [-0.39, 0.29) is 6.04 Å². The normalized spacial score (nSPS) is 38.5. The molecular formula is C9H19NO. The first-order chi connectivity index (χ1) is 5.04. The molecule has 0 aromatic rings. The van der Waals surface area contributed by atoms with Crippen molar-refractivity contribution in [2.75, 3.05) is 0 Å². The molecule has 2 unspecified atom stereocenters. The summed E-state index contributed by atoms with van der Waals surface area (Å²) in [5.41, 5.74) is 5.26. The second kappa shape index (κ2) is 3.11. The fourth-order valence-corrected chi connectivity index (χ4v) is 2.04. The Morgan fingerprint density at radius 3 is 2.64 bits per heavy atom. The number of nitrogens with two attached hydrogens (primary N) is 1. The zero-order valence-corrected chi connectivity index (χ0v) is 7.51. The van der Waals surface area contributed by atoms with Gasteiger partial charge in [0.05, 0.1) is 5.60 Å². The Hall–Kier alpha value is -0.0800. The van der Waals surface area contributed by atoms with Crippen molar-refractivity contribution in [1.82, 2.24) is 0 Å². The monoisotopic (exact) mass is 157 g/mol. The average molecular weight is 157 g/mol. The molecular weight excluding hydrogens is 138 g/mol. The van der Waals surface area contributed by atoms with Crippen LogP contribution >= 0.6 is 0 Å². The topological polar surface area (TPSA) is 46.2 Å². The number of aliphatic hydroxyl groups is 1. The average Bonchev–Trinajstić information content (AvgIpc) is 2.11. The van der Waals surface area contributed by atoms with Gasteiger partial charge in [0.1, 0.15) is 0 Å². The van der Waals surface area contributed by atoms with Gasteiger partial charge in [-0.05, 0) is 31.6 Å². The lowest BCUT2D eigenvalue weighted by Crippen LogP contribution is -2.44. The highest BCUT2D eigenvalue weighted by Gasteiger charge is 2.38. The summed E-state index contributed by atoms with van der Waals surface area (Å²) in [4.78, 5) is 0. The van der Waals surface area contributed by atoms with Gasteiger partial charge in [-0.3, -0.25) is 0 Å². The van der Waals surface area contributed by atoms with Crippen molar-refractivity contribution in [3.8, 4) is 0 Å². The van der Waals surface area contributed by atoms with Crippen LogP contribution in [0.4, 0.5) is 0 Å². The zero-order chi connectivity index (χ0) is 8.48. The molecule has 0 aliphatic heterocycles. The van der Waals surface area contributed by atoms with E-state index in [4.69, 9.17) is 5.73 Å². The van der Waals surface area contributed by atoms with Gasteiger partial charge in [-0.15, -0.1) is 0 Å². The third kappa shape index (κ3) is 1.94. The van der Waals surface area contributed by atoms with E-state index < -0.39 is 5.60 Å². The molecule has 2 nitrogen and oxygen atoms in total. The van der Waals surface area contributed by atoms with Gasteiger partial charge in [0.2, 0.25) is 0 Å². The molecule has 1 aliphatic carbocycles. The van der Waals surface area contributed by atoms with Gasteiger partial charge in [0.15, 0.2) is 0 Å². The molecule has 1 saturated carbocycles. The molecule has 1 aliphatic rings. The summed E-state index contributed by atoms with van der Waals surface area (Å²) in [6.07, 6.45) is 3.83. The Balaban J connectivity index is 2.51. The van der Waals surface area contributed by atoms with E-state index in [2.05, 4.69) is 13.8 Å². The maximum atomic E-state index is 10.0. The fourth-order valence-electron chi connectivity index (χ4n) is 2.04. The first-order valence-corrected chi connectivity index (χ1v) is 4.52. The molecule has 0 heterocycles. The summed E-state index contributed by atoms with van der Waals surface area (Å²) in [6.45, 7) is 4.26. The van der Waals surface area contributed by atoms with Crippen LogP contribution in [0.1, 0.15) is 39.5 Å². The van der Waals surface area contributed by atoms with Crippen LogP contribution in [0.5, 0.6) is 0 Å². The van der Waals surface area contributed by atoms with Crippen LogP contribution in [-0.2, 0) is 0 Å². The Morgan fingerprint density at radius 2 is 2.27 bits per heavy atom. The minimum absolute atomic E-state index is 0.0184. The van der Waals surface area contributed by atoms with Gasteiger partial charge in [0.25, 0.3) is 0 Å². The molecule has 1 fully saturated rings. The smallest absolute Gasteiger partial charge is 0.0800 e. The van der Waals surface area contributed by atoms with Gasteiger partial charge in [0, 0.05) is 6.04 Å². The van der Waals surface area contributed by atoms with Gasteiger partial charge in [-0.2, -0.15) is 0 Å². The van der Waals surface area contributed by atoms with E-state index in [0.717, 1.165) is 25.7 Å². The molecule has 66 valence electrons. The highest BCUT2D eigenvalue weighted by molar-refractivity contribution is 4.95. The third-order valence-corrected chi connectivity index (χ3v) is 2.58. The Bertz CT molecular complexity index is 136. The quantitative estimate of drug-likeness (QED) is 0.634. The van der Waals surface area contributed by atoms with E-state index in [1.807, 2.05) is 0 Å². The van der Waals surface area contributed by atoms with E-state index in [9.17, 15) is 5.11 Å². The van der Waals surface area contributed by atoms with Crippen LogP contribution in [0.15, 0.2) is 0 Å². The second-order valence-electron chi connectivity index (χ2n) is 4.20. The van der Waals surface area contributed by atoms with Crippen LogP contribution in [0.25, 0.3) is 0 Å². The molecule has 0 aromatic heterocycles. The van der Waals surface area contributed by atoms with Gasteiger partial charge >= 0.3 is 0 Å². The molecule has 11 heavy (non-hydrogen) atoms. The highest BCUT2D eigenvalue weighted by atomic mass is 16.3. The Morgan fingerprint density at radius 1 is 1.64 bits per heavy atom. The first-order valence-electron chi connectivity index (χ1n) is 4.52. The summed E-state index contributed by atoms with van der Waals surface area (Å²) >= 11 is 0. The van der Waals surface area contributed by atoms with E-state index in [0.29, 0.717) is 5.92 Å². The van der Waals surface area contributed by atoms with Crippen molar-refractivity contribution in [2.24, 2.45) is 11.7 Å². The predicted molar refractivity (Wildman–Crippen MR) is 46.2 cm³/mol. The van der Waals surface area contributed by atoms with Crippen molar-refractivity contribution in [1.29, 1.82) is 0 Å². The SMILES string of the molecule is CC(C)CC1(O)CCCC1N. The molecule has 2 atom stereocenters. The summed E-state index contributed by atoms with van der Waals surface area (Å²) in [7, 11) is 0. The molecule has 0 aromatic carbocycles. The van der Waals surface area contributed by atoms with Crippen LogP contribution in [0.3, 0.4) is 0 Å². The van der Waals surface area contributed by atoms with E-state index in [1.165, 1.54) is 0 Å². The predicted octanol–water partition coefficient (Wildman–Crippen LogP) is 1.27.